The highest BCUT2D eigenvalue weighted by molar-refractivity contribution is 5.53. The molecule has 0 spiro atoms. The Balaban J connectivity index is 1.75. The second-order valence-corrected chi connectivity index (χ2v) is 5.23. The van der Waals surface area contributed by atoms with Gasteiger partial charge < -0.3 is 4.90 Å². The SMILES string of the molecule is Cn1cc[n+](C)c1N=Nc1ccc(N2CCCC2)cc1. The smallest absolute Gasteiger partial charge is 0.372 e. The lowest BCUT2D eigenvalue weighted by atomic mass is 10.2. The number of benzene rings is 1. The quantitative estimate of drug-likeness (QED) is 0.624. The largest absolute Gasteiger partial charge is 0.421 e. The van der Waals surface area contributed by atoms with Gasteiger partial charge in [-0.05, 0) is 37.1 Å². The molecule has 5 heteroatoms. The highest BCUT2D eigenvalue weighted by atomic mass is 15.3. The molecule has 0 unspecified atom stereocenters. The Morgan fingerprint density at radius 2 is 1.75 bits per heavy atom. The summed E-state index contributed by atoms with van der Waals surface area (Å²) in [6.07, 6.45) is 6.52. The van der Waals surface area contributed by atoms with Crippen molar-refractivity contribution in [1.29, 1.82) is 0 Å². The number of hydrogen-bond donors (Lipinski definition) is 0. The summed E-state index contributed by atoms with van der Waals surface area (Å²) in [6, 6.07) is 8.32. The van der Waals surface area contributed by atoms with Gasteiger partial charge >= 0.3 is 5.95 Å². The third kappa shape index (κ3) is 2.57. The van der Waals surface area contributed by atoms with Gasteiger partial charge in [-0.2, -0.15) is 0 Å². The molecular weight excluding hydrogens is 250 g/mol. The lowest BCUT2D eigenvalue weighted by Gasteiger charge is -2.16. The van der Waals surface area contributed by atoms with Crippen molar-refractivity contribution in [2.45, 2.75) is 12.8 Å². The fourth-order valence-corrected chi connectivity index (χ4v) is 2.53. The number of azo groups is 1. The Kier molecular flexibility index (Phi) is 3.50. The van der Waals surface area contributed by atoms with Crippen LogP contribution < -0.4 is 9.47 Å². The standard InChI is InChI=1S/C15H20N5/c1-18-11-12-19(2)15(18)17-16-13-5-7-14(8-6-13)20-9-3-4-10-20/h5-8,11-12H,3-4,9-10H2,1-2H3/q+1. The highest BCUT2D eigenvalue weighted by Gasteiger charge is 2.12. The third-order valence-corrected chi connectivity index (χ3v) is 3.72. The van der Waals surface area contributed by atoms with Gasteiger partial charge in [-0.1, -0.05) is 5.11 Å². The number of nitrogens with zero attached hydrogens (tertiary/aromatic N) is 5. The van der Waals surface area contributed by atoms with Crippen molar-refractivity contribution in [3.63, 3.8) is 0 Å². The van der Waals surface area contributed by atoms with Crippen LogP contribution in [0.2, 0.25) is 0 Å². The minimum atomic E-state index is 0.827. The molecular formula is C15H20N5+. The van der Waals surface area contributed by atoms with Gasteiger partial charge in [0.05, 0.1) is 26.5 Å². The van der Waals surface area contributed by atoms with E-state index in [1.807, 2.05) is 47.8 Å². The van der Waals surface area contributed by atoms with E-state index in [2.05, 4.69) is 27.3 Å². The molecule has 5 nitrogen and oxygen atoms in total. The zero-order valence-electron chi connectivity index (χ0n) is 12.0. The van der Waals surface area contributed by atoms with Crippen LogP contribution in [-0.4, -0.2) is 17.7 Å². The Morgan fingerprint density at radius 1 is 1.05 bits per heavy atom. The van der Waals surface area contributed by atoms with Gasteiger partial charge in [0.15, 0.2) is 0 Å². The van der Waals surface area contributed by atoms with E-state index in [9.17, 15) is 0 Å². The summed E-state index contributed by atoms with van der Waals surface area (Å²) in [5, 5.41) is 8.60. The normalized spacial score (nSPS) is 15.4. The molecule has 1 aromatic heterocycles. The molecule has 0 saturated carbocycles. The molecule has 2 heterocycles. The summed E-state index contributed by atoms with van der Waals surface area (Å²) in [4.78, 5) is 2.41. The van der Waals surface area contributed by atoms with Crippen LogP contribution in [0, 0.1) is 0 Å². The van der Waals surface area contributed by atoms with Crippen LogP contribution in [0.15, 0.2) is 46.9 Å². The zero-order valence-corrected chi connectivity index (χ0v) is 12.0. The molecule has 0 amide bonds. The summed E-state index contributed by atoms with van der Waals surface area (Å²) in [7, 11) is 3.93. The Hall–Kier alpha value is -2.17. The minimum Gasteiger partial charge on any atom is -0.372 e. The summed E-state index contributed by atoms with van der Waals surface area (Å²) < 4.78 is 3.89. The summed E-state index contributed by atoms with van der Waals surface area (Å²) in [5.41, 5.74) is 2.17. The molecule has 2 aromatic rings. The molecule has 1 fully saturated rings. The maximum atomic E-state index is 4.30. The molecule has 3 rings (SSSR count). The monoisotopic (exact) mass is 270 g/mol. The van der Waals surface area contributed by atoms with E-state index in [0.717, 1.165) is 11.6 Å². The first-order valence-corrected chi connectivity index (χ1v) is 7.02. The number of hydrogen-bond acceptors (Lipinski definition) is 3. The fourth-order valence-electron chi connectivity index (χ4n) is 2.53. The summed E-state index contributed by atoms with van der Waals surface area (Å²) in [6.45, 7) is 2.33. The average molecular weight is 270 g/mol. The molecule has 104 valence electrons. The van der Waals surface area contributed by atoms with Crippen molar-refractivity contribution >= 4 is 17.3 Å². The van der Waals surface area contributed by atoms with Crippen molar-refractivity contribution in [2.24, 2.45) is 24.3 Å². The molecule has 1 aliphatic heterocycles. The third-order valence-electron chi connectivity index (χ3n) is 3.72. The fraction of sp³-hybridized carbons (Fsp3) is 0.400. The maximum absolute atomic E-state index is 4.30. The first kappa shape index (κ1) is 12.8. The molecule has 1 aromatic carbocycles. The van der Waals surface area contributed by atoms with Crippen molar-refractivity contribution in [3.05, 3.63) is 36.7 Å². The van der Waals surface area contributed by atoms with Crippen molar-refractivity contribution < 1.29 is 4.57 Å². The Labute approximate surface area is 119 Å². The highest BCUT2D eigenvalue weighted by Crippen LogP contribution is 2.24. The molecule has 0 bridgehead atoms. The molecule has 0 atom stereocenters. The number of rotatable bonds is 3. The topological polar surface area (TPSA) is 36.8 Å². The van der Waals surface area contributed by atoms with Gasteiger partial charge in [0.25, 0.3) is 0 Å². The molecule has 0 radical (unpaired) electrons. The zero-order chi connectivity index (χ0) is 13.9. The van der Waals surface area contributed by atoms with Gasteiger partial charge in [0.2, 0.25) is 0 Å². The van der Waals surface area contributed by atoms with Gasteiger partial charge in [-0.15, -0.1) is 0 Å². The van der Waals surface area contributed by atoms with Crippen LogP contribution in [0.25, 0.3) is 0 Å². The predicted octanol–water partition coefficient (Wildman–Crippen LogP) is 2.87. The summed E-state index contributed by atoms with van der Waals surface area (Å²) in [5.74, 6) is 0.827. The number of imidazole rings is 1. The van der Waals surface area contributed by atoms with E-state index in [-0.39, 0.29) is 0 Å². The Morgan fingerprint density at radius 3 is 2.35 bits per heavy atom. The number of aromatic nitrogens is 2. The first-order chi connectivity index (χ1) is 9.74. The van der Waals surface area contributed by atoms with E-state index in [1.54, 1.807) is 0 Å². The molecule has 1 aliphatic rings. The van der Waals surface area contributed by atoms with Crippen LogP contribution in [0.5, 0.6) is 0 Å². The first-order valence-electron chi connectivity index (χ1n) is 7.02. The lowest BCUT2D eigenvalue weighted by Crippen LogP contribution is -2.25. The molecule has 20 heavy (non-hydrogen) atoms. The van der Waals surface area contributed by atoms with Crippen LogP contribution >= 0.6 is 0 Å². The molecule has 0 N–H and O–H groups in total. The van der Waals surface area contributed by atoms with Gasteiger partial charge in [-0.3, -0.25) is 0 Å². The minimum absolute atomic E-state index is 0.827. The second kappa shape index (κ2) is 5.45. The number of aryl methyl sites for hydroxylation is 2. The Bertz CT molecular complexity index is 586. The van der Waals surface area contributed by atoms with E-state index in [0.29, 0.717) is 0 Å². The maximum Gasteiger partial charge on any atom is 0.421 e. The van der Waals surface area contributed by atoms with Gasteiger partial charge in [0, 0.05) is 23.9 Å². The van der Waals surface area contributed by atoms with E-state index in [1.165, 1.54) is 31.6 Å². The van der Waals surface area contributed by atoms with Crippen LogP contribution in [0.3, 0.4) is 0 Å². The second-order valence-electron chi connectivity index (χ2n) is 5.23. The van der Waals surface area contributed by atoms with Crippen LogP contribution in [-0.2, 0) is 14.1 Å². The lowest BCUT2D eigenvalue weighted by molar-refractivity contribution is -0.657. The van der Waals surface area contributed by atoms with E-state index in [4.69, 9.17) is 0 Å². The van der Waals surface area contributed by atoms with Gasteiger partial charge in [0.1, 0.15) is 5.69 Å². The molecule has 1 saturated heterocycles. The van der Waals surface area contributed by atoms with Crippen LogP contribution in [0.4, 0.5) is 17.3 Å². The van der Waals surface area contributed by atoms with Gasteiger partial charge in [-0.25, -0.2) is 9.13 Å². The predicted molar refractivity (Wildman–Crippen MR) is 78.7 cm³/mol. The molecule has 0 aliphatic carbocycles. The van der Waals surface area contributed by atoms with E-state index < -0.39 is 0 Å². The van der Waals surface area contributed by atoms with Crippen molar-refractivity contribution in [2.75, 3.05) is 18.0 Å². The average Bonchev–Trinajstić information content (AvgIpc) is 3.09. The number of anilines is 1. The van der Waals surface area contributed by atoms with Crippen molar-refractivity contribution in [1.82, 2.24) is 4.57 Å². The summed E-state index contributed by atoms with van der Waals surface area (Å²) >= 11 is 0. The van der Waals surface area contributed by atoms with E-state index >= 15 is 0 Å². The van der Waals surface area contributed by atoms with Crippen molar-refractivity contribution in [3.8, 4) is 0 Å². The van der Waals surface area contributed by atoms with Crippen LogP contribution in [0.1, 0.15) is 12.8 Å².